The molecule has 0 aromatic rings. The molecule has 0 radical (unpaired) electrons. The van der Waals surface area contributed by atoms with Crippen molar-refractivity contribution in [3.63, 3.8) is 0 Å². The van der Waals surface area contributed by atoms with Crippen LogP contribution in [-0.2, 0) is 19.1 Å². The van der Waals surface area contributed by atoms with Crippen molar-refractivity contribution in [2.24, 2.45) is 0 Å². The Labute approximate surface area is 136 Å². The van der Waals surface area contributed by atoms with Crippen LogP contribution in [0.5, 0.6) is 0 Å². The third kappa shape index (κ3) is 4.01. The van der Waals surface area contributed by atoms with Gasteiger partial charge >= 0.3 is 11.9 Å². The molecule has 0 N–H and O–H groups in total. The first kappa shape index (κ1) is 18.5. The molecule has 0 bridgehead atoms. The monoisotopic (exact) mass is 318 g/mol. The number of hydrogen-bond acceptors (Lipinski definition) is 6. The second-order valence-electron chi connectivity index (χ2n) is 5.80. The fraction of sp³-hybridized carbons (Fsp3) is 0.471. The molecule has 23 heavy (non-hydrogen) atoms. The van der Waals surface area contributed by atoms with E-state index >= 15 is 0 Å². The van der Waals surface area contributed by atoms with Gasteiger partial charge in [0.25, 0.3) is 0 Å². The number of carbonyl (C=O) groups excluding carboxylic acids is 2. The molecule has 6 nitrogen and oxygen atoms in total. The van der Waals surface area contributed by atoms with Gasteiger partial charge in [0.2, 0.25) is 0 Å². The number of rotatable bonds is 5. The van der Waals surface area contributed by atoms with Gasteiger partial charge in [-0.3, -0.25) is 0 Å². The van der Waals surface area contributed by atoms with E-state index in [-0.39, 0.29) is 23.3 Å². The van der Waals surface area contributed by atoms with Gasteiger partial charge in [-0.2, -0.15) is 5.26 Å². The standard InChI is InChI=1S/C17H22N2O4/c1-7-22-15(20)13(10-18)12(8-9-19(5)6)14-11(2)17(3,4)23-16(14)21/h8-9H,7H2,1-6H3. The highest BCUT2D eigenvalue weighted by Crippen LogP contribution is 2.37. The number of ether oxygens (including phenoxy) is 2. The Morgan fingerprint density at radius 2 is 2.04 bits per heavy atom. The van der Waals surface area contributed by atoms with Gasteiger partial charge in [0.15, 0.2) is 0 Å². The van der Waals surface area contributed by atoms with E-state index in [0.717, 1.165) is 0 Å². The first-order valence-electron chi connectivity index (χ1n) is 7.26. The van der Waals surface area contributed by atoms with E-state index in [1.807, 2.05) is 6.07 Å². The van der Waals surface area contributed by atoms with Crippen LogP contribution in [0.3, 0.4) is 0 Å². The lowest BCUT2D eigenvalue weighted by Gasteiger charge is -2.18. The summed E-state index contributed by atoms with van der Waals surface area (Å²) in [5.41, 5.74) is 0.121. The molecule has 0 aliphatic carbocycles. The van der Waals surface area contributed by atoms with Crippen molar-refractivity contribution in [3.8, 4) is 6.07 Å². The number of cyclic esters (lactones) is 1. The largest absolute Gasteiger partial charge is 0.462 e. The van der Waals surface area contributed by atoms with Crippen LogP contribution in [0.2, 0.25) is 0 Å². The number of allylic oxidation sites excluding steroid dienone is 1. The van der Waals surface area contributed by atoms with E-state index in [0.29, 0.717) is 5.57 Å². The van der Waals surface area contributed by atoms with Gasteiger partial charge in [-0.1, -0.05) is 0 Å². The summed E-state index contributed by atoms with van der Waals surface area (Å²) < 4.78 is 10.3. The van der Waals surface area contributed by atoms with Gasteiger partial charge in [-0.15, -0.1) is 0 Å². The first-order chi connectivity index (χ1) is 10.7. The minimum atomic E-state index is -0.779. The Morgan fingerprint density at radius 3 is 2.43 bits per heavy atom. The molecular weight excluding hydrogens is 296 g/mol. The van der Waals surface area contributed by atoms with Crippen LogP contribution < -0.4 is 0 Å². The average Bonchev–Trinajstić information content (AvgIpc) is 2.64. The van der Waals surface area contributed by atoms with Gasteiger partial charge < -0.3 is 14.4 Å². The zero-order valence-electron chi connectivity index (χ0n) is 14.4. The summed E-state index contributed by atoms with van der Waals surface area (Å²) in [6.45, 7) is 7.07. The molecule has 0 aromatic heterocycles. The molecule has 0 atom stereocenters. The second kappa shape index (κ2) is 7.14. The lowest BCUT2D eigenvalue weighted by molar-refractivity contribution is -0.144. The zero-order valence-corrected chi connectivity index (χ0v) is 14.4. The minimum Gasteiger partial charge on any atom is -0.462 e. The summed E-state index contributed by atoms with van der Waals surface area (Å²) in [5.74, 6) is -1.31. The van der Waals surface area contributed by atoms with Crippen molar-refractivity contribution >= 4 is 11.9 Å². The van der Waals surface area contributed by atoms with Crippen molar-refractivity contribution in [2.45, 2.75) is 33.3 Å². The maximum absolute atomic E-state index is 12.3. The average molecular weight is 318 g/mol. The molecule has 0 spiro atoms. The summed E-state index contributed by atoms with van der Waals surface area (Å²) in [6.07, 6.45) is 3.21. The number of nitrogens with zero attached hydrogens (tertiary/aromatic N) is 2. The predicted octanol–water partition coefficient (Wildman–Crippen LogP) is 2.10. The third-order valence-electron chi connectivity index (χ3n) is 3.50. The summed E-state index contributed by atoms with van der Waals surface area (Å²) in [7, 11) is 3.59. The number of hydrogen-bond donors (Lipinski definition) is 0. The van der Waals surface area contributed by atoms with E-state index in [9.17, 15) is 14.9 Å². The van der Waals surface area contributed by atoms with E-state index in [4.69, 9.17) is 9.47 Å². The van der Waals surface area contributed by atoms with Crippen molar-refractivity contribution in [2.75, 3.05) is 20.7 Å². The molecule has 1 aliphatic heterocycles. The molecule has 0 fully saturated rings. The molecule has 6 heteroatoms. The third-order valence-corrected chi connectivity index (χ3v) is 3.50. The number of esters is 2. The van der Waals surface area contributed by atoms with Gasteiger partial charge in [-0.25, -0.2) is 9.59 Å². The molecule has 1 rings (SSSR count). The highest BCUT2D eigenvalue weighted by Gasteiger charge is 2.40. The Morgan fingerprint density at radius 1 is 1.43 bits per heavy atom. The van der Waals surface area contributed by atoms with Crippen LogP contribution in [0.25, 0.3) is 0 Å². The van der Waals surface area contributed by atoms with Gasteiger partial charge in [0.1, 0.15) is 17.2 Å². The second-order valence-corrected chi connectivity index (χ2v) is 5.80. The maximum Gasteiger partial charge on any atom is 0.349 e. The van der Waals surface area contributed by atoms with Crippen LogP contribution in [0.1, 0.15) is 27.7 Å². The van der Waals surface area contributed by atoms with E-state index in [1.165, 1.54) is 0 Å². The Kier molecular flexibility index (Phi) is 5.74. The van der Waals surface area contributed by atoms with E-state index in [2.05, 4.69) is 0 Å². The fourth-order valence-corrected chi connectivity index (χ4v) is 2.06. The van der Waals surface area contributed by atoms with Crippen LogP contribution in [0, 0.1) is 11.3 Å². The van der Waals surface area contributed by atoms with Crippen molar-refractivity contribution in [1.82, 2.24) is 4.90 Å². The molecule has 1 heterocycles. The molecular formula is C17H22N2O4. The maximum atomic E-state index is 12.3. The summed E-state index contributed by atoms with van der Waals surface area (Å²) in [4.78, 5) is 26.1. The molecule has 124 valence electrons. The quantitative estimate of drug-likeness (QED) is 0.334. The highest BCUT2D eigenvalue weighted by molar-refractivity contribution is 6.04. The molecule has 0 unspecified atom stereocenters. The SMILES string of the molecule is CCOC(=O)C(C#N)=C(C=CN(C)C)C1=C(C)C(C)(C)OC1=O. The van der Waals surface area contributed by atoms with Crippen LogP contribution >= 0.6 is 0 Å². The highest BCUT2D eigenvalue weighted by atomic mass is 16.6. The Bertz CT molecular complexity index is 646. The molecule has 0 saturated carbocycles. The van der Waals surface area contributed by atoms with Gasteiger partial charge in [0.05, 0.1) is 12.2 Å². The smallest absolute Gasteiger partial charge is 0.349 e. The summed E-state index contributed by atoms with van der Waals surface area (Å²) >= 11 is 0. The lowest BCUT2D eigenvalue weighted by Crippen LogP contribution is -2.21. The minimum absolute atomic E-state index is 0.142. The predicted molar refractivity (Wildman–Crippen MR) is 85.0 cm³/mol. The van der Waals surface area contributed by atoms with Gasteiger partial charge in [-0.05, 0) is 45.5 Å². The lowest BCUT2D eigenvalue weighted by atomic mass is 9.91. The normalized spacial score (nSPS) is 17.7. The molecule has 0 aromatic carbocycles. The number of carbonyl (C=O) groups is 2. The molecule has 0 amide bonds. The van der Waals surface area contributed by atoms with E-state index in [1.54, 1.807) is 59.0 Å². The molecule has 1 aliphatic rings. The van der Waals surface area contributed by atoms with Crippen LogP contribution in [-0.4, -0.2) is 43.1 Å². The molecule has 0 saturated heterocycles. The van der Waals surface area contributed by atoms with Gasteiger partial charge in [0, 0.05) is 19.7 Å². The van der Waals surface area contributed by atoms with Crippen molar-refractivity contribution in [1.29, 1.82) is 5.26 Å². The van der Waals surface area contributed by atoms with Crippen molar-refractivity contribution in [3.05, 3.63) is 34.6 Å². The zero-order chi connectivity index (χ0) is 17.8. The van der Waals surface area contributed by atoms with Crippen molar-refractivity contribution < 1.29 is 19.1 Å². The Hall–Kier alpha value is -2.55. The summed E-state index contributed by atoms with van der Waals surface area (Å²) in [6, 6.07) is 1.85. The number of nitriles is 1. The summed E-state index contributed by atoms with van der Waals surface area (Å²) in [5, 5.41) is 9.39. The first-order valence-corrected chi connectivity index (χ1v) is 7.26. The van der Waals surface area contributed by atoms with Crippen LogP contribution in [0.4, 0.5) is 0 Å². The topological polar surface area (TPSA) is 79.6 Å². The Balaban J connectivity index is 3.61. The van der Waals surface area contributed by atoms with E-state index < -0.39 is 17.5 Å². The fourth-order valence-electron chi connectivity index (χ4n) is 2.06. The van der Waals surface area contributed by atoms with Crippen LogP contribution in [0.15, 0.2) is 34.6 Å².